The molecule has 1 saturated heterocycles. The van der Waals surface area contributed by atoms with E-state index < -0.39 is 0 Å². The zero-order chi connectivity index (χ0) is 17.2. The minimum absolute atomic E-state index is 0.126. The van der Waals surface area contributed by atoms with Crippen LogP contribution >= 0.6 is 0 Å². The van der Waals surface area contributed by atoms with Crippen LogP contribution < -0.4 is 0 Å². The van der Waals surface area contributed by atoms with E-state index in [1.165, 1.54) is 5.57 Å². The number of aromatic nitrogens is 2. The molecule has 2 aliphatic heterocycles. The lowest BCUT2D eigenvalue weighted by atomic mass is 9.84. The number of carbonyl (C=O) groups excluding carboxylic acids is 1. The van der Waals surface area contributed by atoms with Gasteiger partial charge in [-0.1, -0.05) is 36.4 Å². The summed E-state index contributed by atoms with van der Waals surface area (Å²) in [4.78, 5) is 14.7. The third-order valence-electron chi connectivity index (χ3n) is 5.20. The van der Waals surface area contributed by atoms with Crippen LogP contribution in [0.5, 0.6) is 0 Å². The average Bonchev–Trinajstić information content (AvgIpc) is 3.05. The molecule has 5 heteroatoms. The van der Waals surface area contributed by atoms with Gasteiger partial charge in [0.2, 0.25) is 0 Å². The molecule has 0 N–H and O–H groups in total. The second-order valence-electron chi connectivity index (χ2n) is 6.84. The van der Waals surface area contributed by atoms with E-state index in [-0.39, 0.29) is 18.2 Å². The number of rotatable bonds is 3. The van der Waals surface area contributed by atoms with Crippen LogP contribution in [0.15, 0.2) is 48.7 Å². The molecule has 2 aliphatic rings. The van der Waals surface area contributed by atoms with Crippen molar-refractivity contribution in [2.75, 3.05) is 0 Å². The first-order chi connectivity index (χ1) is 12.2. The molecule has 0 radical (unpaired) electrons. The van der Waals surface area contributed by atoms with Crippen molar-refractivity contribution in [3.63, 3.8) is 0 Å². The van der Waals surface area contributed by atoms with E-state index in [0.29, 0.717) is 6.61 Å². The van der Waals surface area contributed by atoms with Crippen molar-refractivity contribution < 1.29 is 9.53 Å². The van der Waals surface area contributed by atoms with Crippen LogP contribution in [-0.4, -0.2) is 32.9 Å². The Labute approximate surface area is 147 Å². The molecule has 0 saturated carbocycles. The lowest BCUT2D eigenvalue weighted by molar-refractivity contribution is 0.0509. The van der Waals surface area contributed by atoms with E-state index in [4.69, 9.17) is 4.74 Å². The molecular formula is C20H23N3O2. The van der Waals surface area contributed by atoms with Crippen LogP contribution in [-0.2, 0) is 18.4 Å². The Kier molecular flexibility index (Phi) is 4.30. The fraction of sp³-hybridized carbons (Fsp3) is 0.400. The summed E-state index contributed by atoms with van der Waals surface area (Å²) in [6.45, 7) is 0.327. The summed E-state index contributed by atoms with van der Waals surface area (Å²) in [6.07, 6.45) is 7.93. The molecule has 1 fully saturated rings. The molecule has 4 rings (SSSR count). The van der Waals surface area contributed by atoms with E-state index >= 15 is 0 Å². The van der Waals surface area contributed by atoms with Crippen LogP contribution in [0.25, 0.3) is 5.57 Å². The molecule has 5 nitrogen and oxygen atoms in total. The second kappa shape index (κ2) is 6.75. The van der Waals surface area contributed by atoms with Crippen molar-refractivity contribution in [1.82, 2.24) is 14.7 Å². The molecule has 1 amide bonds. The van der Waals surface area contributed by atoms with Crippen LogP contribution in [0.3, 0.4) is 0 Å². The summed E-state index contributed by atoms with van der Waals surface area (Å²) in [7, 11) is 1.96. The molecule has 1 aromatic heterocycles. The minimum Gasteiger partial charge on any atom is -0.445 e. The summed E-state index contributed by atoms with van der Waals surface area (Å²) in [5.74, 6) is 0. The van der Waals surface area contributed by atoms with Gasteiger partial charge in [-0.2, -0.15) is 5.10 Å². The first-order valence-corrected chi connectivity index (χ1v) is 8.90. The van der Waals surface area contributed by atoms with Gasteiger partial charge in [-0.05, 0) is 42.9 Å². The van der Waals surface area contributed by atoms with Gasteiger partial charge in [-0.3, -0.25) is 9.58 Å². The molecule has 2 aromatic rings. The zero-order valence-corrected chi connectivity index (χ0v) is 14.5. The number of hydrogen-bond donors (Lipinski definition) is 0. The SMILES string of the molecule is Cn1nccc1C1=CC2CCCC(C1)N2C(=O)OCc1ccccc1. The topological polar surface area (TPSA) is 47.4 Å². The summed E-state index contributed by atoms with van der Waals surface area (Å²) >= 11 is 0. The average molecular weight is 337 g/mol. The van der Waals surface area contributed by atoms with Crippen LogP contribution in [0.4, 0.5) is 4.79 Å². The highest BCUT2D eigenvalue weighted by Crippen LogP contribution is 2.37. The highest BCUT2D eigenvalue weighted by molar-refractivity contribution is 5.73. The molecule has 3 heterocycles. The van der Waals surface area contributed by atoms with Crippen molar-refractivity contribution in [3.05, 3.63) is 59.9 Å². The molecule has 2 atom stereocenters. The highest BCUT2D eigenvalue weighted by atomic mass is 16.6. The number of ether oxygens (including phenoxy) is 1. The van der Waals surface area contributed by atoms with Crippen LogP contribution in [0, 0.1) is 0 Å². The van der Waals surface area contributed by atoms with Crippen LogP contribution in [0.1, 0.15) is 36.9 Å². The van der Waals surface area contributed by atoms with Gasteiger partial charge in [0.05, 0.1) is 11.7 Å². The van der Waals surface area contributed by atoms with Gasteiger partial charge in [-0.25, -0.2) is 4.79 Å². The normalized spacial score (nSPS) is 22.4. The first kappa shape index (κ1) is 15.9. The predicted molar refractivity (Wildman–Crippen MR) is 95.7 cm³/mol. The van der Waals surface area contributed by atoms with Gasteiger partial charge in [0.25, 0.3) is 0 Å². The highest BCUT2D eigenvalue weighted by Gasteiger charge is 2.38. The number of carbonyl (C=O) groups is 1. The Balaban J connectivity index is 1.50. The number of benzene rings is 1. The number of aryl methyl sites for hydroxylation is 1. The lowest BCUT2D eigenvalue weighted by Crippen LogP contribution is -2.51. The number of nitrogens with zero attached hydrogens (tertiary/aromatic N) is 3. The third-order valence-corrected chi connectivity index (χ3v) is 5.20. The Hall–Kier alpha value is -2.56. The molecule has 25 heavy (non-hydrogen) atoms. The maximum Gasteiger partial charge on any atom is 0.410 e. The smallest absolute Gasteiger partial charge is 0.410 e. The molecule has 2 unspecified atom stereocenters. The van der Waals surface area contributed by atoms with Gasteiger partial charge >= 0.3 is 6.09 Å². The fourth-order valence-corrected chi connectivity index (χ4v) is 3.99. The standard InChI is InChI=1S/C20H23N3O2/c1-22-19(10-11-21-22)16-12-17-8-5-9-18(13-16)23(17)20(24)25-14-15-6-3-2-4-7-15/h2-4,6-7,10-12,17-18H,5,8-9,13-14H2,1H3. The molecule has 1 aromatic carbocycles. The van der Waals surface area contributed by atoms with Crippen LogP contribution in [0.2, 0.25) is 0 Å². The van der Waals surface area contributed by atoms with Gasteiger partial charge in [0.15, 0.2) is 0 Å². The Bertz CT molecular complexity index is 781. The maximum atomic E-state index is 12.7. The van der Waals surface area contributed by atoms with Gasteiger partial charge < -0.3 is 4.74 Å². The Morgan fingerprint density at radius 2 is 2.08 bits per heavy atom. The number of hydrogen-bond acceptors (Lipinski definition) is 3. The predicted octanol–water partition coefficient (Wildman–Crippen LogP) is 3.77. The summed E-state index contributed by atoms with van der Waals surface area (Å²) in [5, 5.41) is 4.27. The van der Waals surface area contributed by atoms with E-state index in [1.54, 1.807) is 0 Å². The third kappa shape index (κ3) is 3.18. The molecule has 130 valence electrons. The number of amides is 1. The van der Waals surface area contributed by atoms with Gasteiger partial charge in [0.1, 0.15) is 6.61 Å². The zero-order valence-electron chi connectivity index (χ0n) is 14.5. The van der Waals surface area contributed by atoms with E-state index in [1.807, 2.05) is 59.2 Å². The van der Waals surface area contributed by atoms with Crippen molar-refractivity contribution in [3.8, 4) is 0 Å². The van der Waals surface area contributed by atoms with E-state index in [0.717, 1.165) is 36.9 Å². The lowest BCUT2D eigenvalue weighted by Gasteiger charge is -2.44. The van der Waals surface area contributed by atoms with E-state index in [2.05, 4.69) is 11.2 Å². The van der Waals surface area contributed by atoms with Crippen molar-refractivity contribution in [2.45, 2.75) is 44.4 Å². The van der Waals surface area contributed by atoms with Crippen molar-refractivity contribution >= 4 is 11.7 Å². The quantitative estimate of drug-likeness (QED) is 0.856. The summed E-state index contributed by atoms with van der Waals surface area (Å²) in [6, 6.07) is 12.2. The molecule has 0 aliphatic carbocycles. The monoisotopic (exact) mass is 337 g/mol. The number of fused-ring (bicyclic) bond motifs is 2. The largest absolute Gasteiger partial charge is 0.445 e. The van der Waals surface area contributed by atoms with Gasteiger partial charge in [0, 0.05) is 19.3 Å². The number of piperidine rings is 1. The fourth-order valence-electron chi connectivity index (χ4n) is 3.99. The van der Waals surface area contributed by atoms with Crippen molar-refractivity contribution in [2.24, 2.45) is 7.05 Å². The van der Waals surface area contributed by atoms with E-state index in [9.17, 15) is 4.79 Å². The summed E-state index contributed by atoms with van der Waals surface area (Å²) < 4.78 is 7.50. The molecular weight excluding hydrogens is 314 g/mol. The first-order valence-electron chi connectivity index (χ1n) is 8.90. The Morgan fingerprint density at radius 1 is 1.24 bits per heavy atom. The Morgan fingerprint density at radius 3 is 2.80 bits per heavy atom. The minimum atomic E-state index is -0.196. The maximum absolute atomic E-state index is 12.7. The summed E-state index contributed by atoms with van der Waals surface area (Å²) in [5.41, 5.74) is 3.46. The van der Waals surface area contributed by atoms with Gasteiger partial charge in [-0.15, -0.1) is 0 Å². The second-order valence-corrected chi connectivity index (χ2v) is 6.84. The van der Waals surface area contributed by atoms with Crippen molar-refractivity contribution in [1.29, 1.82) is 0 Å². The molecule has 0 spiro atoms. The molecule has 2 bridgehead atoms.